The van der Waals surface area contributed by atoms with Crippen LogP contribution in [0.5, 0.6) is 0 Å². The predicted octanol–water partition coefficient (Wildman–Crippen LogP) is 3.86. The van der Waals surface area contributed by atoms with Crippen LogP contribution in [0.1, 0.15) is 21.5 Å². The van der Waals surface area contributed by atoms with Crippen molar-refractivity contribution in [3.8, 4) is 0 Å². The highest BCUT2D eigenvalue weighted by atomic mass is 32.2. The van der Waals surface area contributed by atoms with Gasteiger partial charge in [0.25, 0.3) is 5.91 Å². The lowest BCUT2D eigenvalue weighted by molar-refractivity contribution is 0.0956. The second kappa shape index (κ2) is 12.4. The molecule has 4 rings (SSSR count). The first-order valence-electron chi connectivity index (χ1n) is 11.8. The summed E-state index contributed by atoms with van der Waals surface area (Å²) in [6, 6.07) is 26.6. The summed E-state index contributed by atoms with van der Waals surface area (Å²) in [6.45, 7) is 3.53. The van der Waals surface area contributed by atoms with Crippen molar-refractivity contribution in [1.82, 2.24) is 14.5 Å². The predicted molar refractivity (Wildman–Crippen MR) is 142 cm³/mol. The molecule has 8 heteroatoms. The summed E-state index contributed by atoms with van der Waals surface area (Å²) in [5.74, 6) is 1.73. The topological polar surface area (TPSA) is 69.7 Å². The van der Waals surface area contributed by atoms with E-state index in [9.17, 15) is 13.2 Å². The van der Waals surface area contributed by atoms with E-state index in [-0.39, 0.29) is 5.91 Å². The fraction of sp³-hybridized carbons (Fsp3) is 0.296. The summed E-state index contributed by atoms with van der Waals surface area (Å²) in [4.78, 5) is 15.2. The molecule has 3 aromatic carbocycles. The van der Waals surface area contributed by atoms with Crippen LogP contribution in [0.25, 0.3) is 0 Å². The first kappa shape index (κ1) is 25.4. The average molecular weight is 510 g/mol. The Morgan fingerprint density at radius 2 is 1.49 bits per heavy atom. The van der Waals surface area contributed by atoms with Gasteiger partial charge in [0, 0.05) is 56.3 Å². The minimum absolute atomic E-state index is 0.0639. The number of nitrogens with one attached hydrogen (secondary N) is 1. The molecule has 0 radical (unpaired) electrons. The Balaban J connectivity index is 1.22. The fourth-order valence-electron chi connectivity index (χ4n) is 4.04. The van der Waals surface area contributed by atoms with Crippen molar-refractivity contribution in [3.63, 3.8) is 0 Å². The summed E-state index contributed by atoms with van der Waals surface area (Å²) in [6.07, 6.45) is 0. The zero-order valence-corrected chi connectivity index (χ0v) is 21.3. The Kier molecular flexibility index (Phi) is 8.98. The van der Waals surface area contributed by atoms with Crippen molar-refractivity contribution in [1.29, 1.82) is 0 Å². The molecule has 0 bridgehead atoms. The minimum Gasteiger partial charge on any atom is -0.351 e. The second-order valence-corrected chi connectivity index (χ2v) is 11.5. The minimum atomic E-state index is -3.45. The van der Waals surface area contributed by atoms with E-state index in [2.05, 4.69) is 22.3 Å². The zero-order chi connectivity index (χ0) is 24.5. The fourth-order valence-corrected chi connectivity index (χ4v) is 6.30. The van der Waals surface area contributed by atoms with Crippen molar-refractivity contribution >= 4 is 27.7 Å². The third-order valence-corrected chi connectivity index (χ3v) is 8.89. The number of piperazine rings is 1. The van der Waals surface area contributed by atoms with Crippen molar-refractivity contribution in [2.45, 2.75) is 17.2 Å². The first-order chi connectivity index (χ1) is 17.0. The van der Waals surface area contributed by atoms with Gasteiger partial charge in [-0.05, 0) is 35.4 Å². The maximum atomic E-state index is 12.8. The summed E-state index contributed by atoms with van der Waals surface area (Å²) in [7, 11) is -3.45. The number of carbonyl (C=O) groups excluding carboxylic acids is 1. The maximum Gasteiger partial charge on any atom is 0.251 e. The van der Waals surface area contributed by atoms with Crippen molar-refractivity contribution in [3.05, 3.63) is 102 Å². The Hall–Kier alpha value is -2.65. The van der Waals surface area contributed by atoms with Gasteiger partial charge in [0.15, 0.2) is 0 Å². The van der Waals surface area contributed by atoms with Crippen LogP contribution in [-0.2, 0) is 22.3 Å². The molecule has 1 amide bonds. The number of amides is 1. The van der Waals surface area contributed by atoms with Gasteiger partial charge in [-0.25, -0.2) is 8.42 Å². The molecule has 0 aromatic heterocycles. The van der Waals surface area contributed by atoms with Crippen molar-refractivity contribution in [2.24, 2.45) is 0 Å². The summed E-state index contributed by atoms with van der Waals surface area (Å²) >= 11 is 1.80. The highest BCUT2D eigenvalue weighted by Gasteiger charge is 2.28. The first-order valence-corrected chi connectivity index (χ1v) is 14.4. The number of benzene rings is 3. The summed E-state index contributed by atoms with van der Waals surface area (Å²) in [5, 5.41) is 3.01. The molecule has 3 aromatic rings. The number of nitrogens with zero attached hydrogens (tertiary/aromatic N) is 2. The molecule has 1 aliphatic heterocycles. The van der Waals surface area contributed by atoms with Gasteiger partial charge in [-0.1, -0.05) is 60.7 Å². The van der Waals surface area contributed by atoms with Gasteiger partial charge < -0.3 is 5.32 Å². The molecule has 1 fully saturated rings. The van der Waals surface area contributed by atoms with E-state index in [0.717, 1.165) is 17.1 Å². The van der Waals surface area contributed by atoms with Crippen LogP contribution in [0.4, 0.5) is 0 Å². The Morgan fingerprint density at radius 1 is 0.829 bits per heavy atom. The number of thioether (sulfide) groups is 1. The third-order valence-electron chi connectivity index (χ3n) is 5.95. The monoisotopic (exact) mass is 509 g/mol. The maximum absolute atomic E-state index is 12.8. The van der Waals surface area contributed by atoms with Crippen molar-refractivity contribution < 1.29 is 13.2 Å². The molecule has 1 N–H and O–H groups in total. The number of sulfonamides is 1. The molecular formula is C27H31N3O3S2. The lowest BCUT2D eigenvalue weighted by atomic mass is 10.1. The molecule has 0 atom stereocenters. The molecule has 6 nitrogen and oxygen atoms in total. The van der Waals surface area contributed by atoms with Gasteiger partial charge in [-0.3, -0.25) is 9.69 Å². The van der Waals surface area contributed by atoms with Gasteiger partial charge in [0.05, 0.1) is 4.90 Å². The van der Waals surface area contributed by atoms with Crippen LogP contribution in [0, 0.1) is 0 Å². The van der Waals surface area contributed by atoms with Gasteiger partial charge >= 0.3 is 0 Å². The summed E-state index contributed by atoms with van der Waals surface area (Å²) in [5.41, 5.74) is 2.99. The largest absolute Gasteiger partial charge is 0.351 e. The lowest BCUT2D eigenvalue weighted by Crippen LogP contribution is -2.48. The molecule has 1 heterocycles. The molecule has 0 unspecified atom stereocenters. The van der Waals surface area contributed by atoms with Crippen molar-refractivity contribution in [2.75, 3.05) is 38.5 Å². The van der Waals surface area contributed by atoms with E-state index in [1.54, 1.807) is 40.3 Å². The molecule has 35 heavy (non-hydrogen) atoms. The highest BCUT2D eigenvalue weighted by molar-refractivity contribution is 7.98. The van der Waals surface area contributed by atoms with E-state index in [4.69, 9.17) is 0 Å². The lowest BCUT2D eigenvalue weighted by Gasteiger charge is -2.34. The number of hydrogen-bond donors (Lipinski definition) is 1. The van der Waals surface area contributed by atoms with Gasteiger partial charge in [-0.2, -0.15) is 16.1 Å². The van der Waals surface area contributed by atoms with E-state index in [1.807, 2.05) is 48.5 Å². The molecule has 0 aliphatic carbocycles. The quantitative estimate of drug-likeness (QED) is 0.421. The Bertz CT molecular complexity index is 1200. The van der Waals surface area contributed by atoms with Crippen LogP contribution in [-0.4, -0.2) is 62.0 Å². The third kappa shape index (κ3) is 7.18. The standard InChI is InChI=1S/C27H31N3O3S2/c31-27(28-14-19-34-22-23-8-3-1-4-9-23)25-11-7-10-24(20-25)21-29-15-17-30(18-16-29)35(32,33)26-12-5-2-6-13-26/h1-13,20H,14-19,21-22H2,(H,28,31). The van der Waals surface area contributed by atoms with E-state index >= 15 is 0 Å². The SMILES string of the molecule is O=C(NCCSCc1ccccc1)c1cccc(CN2CCN(S(=O)(=O)c3ccccc3)CC2)c1. The molecule has 1 saturated heterocycles. The Morgan fingerprint density at radius 3 is 2.20 bits per heavy atom. The molecule has 184 valence electrons. The molecule has 0 saturated carbocycles. The van der Waals surface area contributed by atoms with E-state index in [1.165, 1.54) is 5.56 Å². The second-order valence-electron chi connectivity index (χ2n) is 8.49. The molecule has 0 spiro atoms. The average Bonchev–Trinajstić information content (AvgIpc) is 2.90. The Labute approximate surface area is 212 Å². The van der Waals surface area contributed by atoms with Crippen LogP contribution in [0.2, 0.25) is 0 Å². The van der Waals surface area contributed by atoms with Crippen LogP contribution in [0.15, 0.2) is 89.8 Å². The molecule has 1 aliphatic rings. The van der Waals surface area contributed by atoms with E-state index in [0.29, 0.717) is 49.7 Å². The molecular weight excluding hydrogens is 478 g/mol. The van der Waals surface area contributed by atoms with Crippen LogP contribution < -0.4 is 5.32 Å². The van der Waals surface area contributed by atoms with Gasteiger partial charge in [0.1, 0.15) is 0 Å². The smallest absolute Gasteiger partial charge is 0.251 e. The number of rotatable bonds is 10. The zero-order valence-electron chi connectivity index (χ0n) is 19.7. The van der Waals surface area contributed by atoms with Gasteiger partial charge in [-0.15, -0.1) is 0 Å². The van der Waals surface area contributed by atoms with Crippen LogP contribution in [0.3, 0.4) is 0 Å². The summed E-state index contributed by atoms with van der Waals surface area (Å²) < 4.78 is 27.2. The number of carbonyl (C=O) groups is 1. The van der Waals surface area contributed by atoms with Crippen LogP contribution >= 0.6 is 11.8 Å². The highest BCUT2D eigenvalue weighted by Crippen LogP contribution is 2.18. The normalized spacial score (nSPS) is 15.1. The van der Waals surface area contributed by atoms with Gasteiger partial charge in [0.2, 0.25) is 10.0 Å². The van der Waals surface area contributed by atoms with E-state index < -0.39 is 10.0 Å². The number of hydrogen-bond acceptors (Lipinski definition) is 5.